The zero-order valence-electron chi connectivity index (χ0n) is 6.77. The van der Waals surface area contributed by atoms with Crippen LogP contribution < -0.4 is 0 Å². The summed E-state index contributed by atoms with van der Waals surface area (Å²) in [4.78, 5) is 8.64. The summed E-state index contributed by atoms with van der Waals surface area (Å²) in [5.41, 5.74) is 4.00. The number of hydrogen-bond acceptors (Lipinski definition) is 3. The van der Waals surface area contributed by atoms with Crippen molar-refractivity contribution in [1.82, 2.24) is 9.97 Å². The second-order valence-electron chi connectivity index (χ2n) is 2.85. The third kappa shape index (κ3) is 0.939. The van der Waals surface area contributed by atoms with Crippen molar-refractivity contribution in [1.29, 1.82) is 0 Å². The van der Waals surface area contributed by atoms with Crippen LogP contribution in [-0.4, -0.2) is 9.97 Å². The lowest BCUT2D eigenvalue weighted by molar-refractivity contribution is 1.28. The van der Waals surface area contributed by atoms with Crippen LogP contribution >= 0.6 is 11.3 Å². The smallest absolute Gasteiger partial charge is 0.162 e. The number of para-hydroxylation sites is 1. The minimum absolute atomic E-state index is 0.847. The zero-order valence-corrected chi connectivity index (χ0v) is 7.58. The number of aromatic nitrogens is 2. The van der Waals surface area contributed by atoms with E-state index >= 15 is 0 Å². The largest absolute Gasteiger partial charge is 0.228 e. The lowest BCUT2D eigenvalue weighted by Crippen LogP contribution is -1.77. The molecule has 13 heavy (non-hydrogen) atoms. The van der Waals surface area contributed by atoms with Crippen molar-refractivity contribution in [3.8, 4) is 11.4 Å². The van der Waals surface area contributed by atoms with Crippen molar-refractivity contribution in [3.63, 3.8) is 0 Å². The van der Waals surface area contributed by atoms with Crippen molar-refractivity contribution in [3.05, 3.63) is 35.2 Å². The van der Waals surface area contributed by atoms with Crippen LogP contribution in [0.4, 0.5) is 0 Å². The molecule has 2 aliphatic heterocycles. The zero-order chi connectivity index (χ0) is 8.67. The van der Waals surface area contributed by atoms with Gasteiger partial charge in [0, 0.05) is 16.3 Å². The van der Waals surface area contributed by atoms with Gasteiger partial charge in [0.15, 0.2) is 5.82 Å². The molecular formula is C10H6N2S. The Bertz CT molecular complexity index is 529. The molecule has 0 amide bonds. The molecule has 62 valence electrons. The fraction of sp³-hybridized carbons (Fsp3) is 0. The molecule has 0 unspecified atom stereocenters. The van der Waals surface area contributed by atoms with Crippen molar-refractivity contribution in [2.45, 2.75) is 0 Å². The highest BCUT2D eigenvalue weighted by molar-refractivity contribution is 7.07. The minimum atomic E-state index is 0.847. The third-order valence-corrected chi connectivity index (χ3v) is 2.68. The van der Waals surface area contributed by atoms with E-state index in [0.717, 1.165) is 16.9 Å². The molecule has 0 fully saturated rings. The van der Waals surface area contributed by atoms with E-state index in [0.29, 0.717) is 0 Å². The Labute approximate surface area is 79.2 Å². The van der Waals surface area contributed by atoms with Crippen LogP contribution in [0.3, 0.4) is 0 Å². The number of benzene rings is 1. The van der Waals surface area contributed by atoms with Crippen LogP contribution in [0, 0.1) is 0 Å². The SMILES string of the molecule is c1ccc2c3cscnc-3nc2c1. The van der Waals surface area contributed by atoms with E-state index in [9.17, 15) is 0 Å². The average Bonchev–Trinajstić information content (AvgIpc) is 2.56. The molecule has 2 heterocycles. The molecule has 0 aliphatic carbocycles. The minimum Gasteiger partial charge on any atom is -0.228 e. The summed E-state index contributed by atoms with van der Waals surface area (Å²) in [7, 11) is 0. The van der Waals surface area contributed by atoms with E-state index in [-0.39, 0.29) is 0 Å². The summed E-state index contributed by atoms with van der Waals surface area (Å²) in [5, 5.41) is 3.29. The van der Waals surface area contributed by atoms with Crippen molar-refractivity contribution < 1.29 is 0 Å². The highest BCUT2D eigenvalue weighted by atomic mass is 32.1. The first kappa shape index (κ1) is 6.97. The van der Waals surface area contributed by atoms with Crippen molar-refractivity contribution >= 4 is 22.2 Å². The van der Waals surface area contributed by atoms with E-state index in [1.807, 2.05) is 23.7 Å². The Morgan fingerprint density at radius 1 is 1.15 bits per heavy atom. The predicted octanol–water partition coefficient (Wildman–Crippen LogP) is 2.80. The van der Waals surface area contributed by atoms with E-state index in [1.165, 1.54) is 5.39 Å². The molecule has 1 aromatic rings. The molecule has 1 aromatic carbocycles. The lowest BCUT2D eigenvalue weighted by Gasteiger charge is -1.91. The fourth-order valence-electron chi connectivity index (χ4n) is 1.49. The van der Waals surface area contributed by atoms with E-state index in [1.54, 1.807) is 11.3 Å². The molecular weight excluding hydrogens is 180 g/mol. The van der Waals surface area contributed by atoms with Gasteiger partial charge in [-0.2, -0.15) is 0 Å². The molecule has 2 aliphatic rings. The predicted molar refractivity (Wildman–Crippen MR) is 54.0 cm³/mol. The molecule has 0 bridgehead atoms. The molecule has 0 saturated carbocycles. The van der Waals surface area contributed by atoms with Gasteiger partial charge in [0.2, 0.25) is 0 Å². The lowest BCUT2D eigenvalue weighted by atomic mass is 10.2. The molecule has 0 aromatic heterocycles. The Morgan fingerprint density at radius 3 is 3.08 bits per heavy atom. The van der Waals surface area contributed by atoms with E-state index < -0.39 is 0 Å². The second-order valence-corrected chi connectivity index (χ2v) is 3.57. The molecule has 0 radical (unpaired) electrons. The monoisotopic (exact) mass is 186 g/mol. The molecule has 0 spiro atoms. The van der Waals surface area contributed by atoms with Crippen LogP contribution in [0.1, 0.15) is 0 Å². The Kier molecular flexibility index (Phi) is 1.34. The van der Waals surface area contributed by atoms with Crippen LogP contribution in [0.15, 0.2) is 35.2 Å². The number of fused-ring (bicyclic) bond motifs is 3. The van der Waals surface area contributed by atoms with Gasteiger partial charge in [-0.3, -0.25) is 0 Å². The second kappa shape index (κ2) is 2.50. The average molecular weight is 186 g/mol. The van der Waals surface area contributed by atoms with Crippen LogP contribution in [0.5, 0.6) is 0 Å². The van der Waals surface area contributed by atoms with Gasteiger partial charge in [-0.1, -0.05) is 18.2 Å². The normalized spacial score (nSPS) is 11.1. The van der Waals surface area contributed by atoms with Gasteiger partial charge in [-0.15, -0.1) is 11.3 Å². The van der Waals surface area contributed by atoms with E-state index in [4.69, 9.17) is 0 Å². The first-order valence-corrected chi connectivity index (χ1v) is 4.96. The van der Waals surface area contributed by atoms with Gasteiger partial charge in [0.05, 0.1) is 11.0 Å². The molecule has 3 heteroatoms. The fourth-order valence-corrected chi connectivity index (χ4v) is 2.08. The highest BCUT2D eigenvalue weighted by Gasteiger charge is 2.10. The Morgan fingerprint density at radius 2 is 2.08 bits per heavy atom. The molecule has 0 N–H and O–H groups in total. The van der Waals surface area contributed by atoms with Crippen LogP contribution in [0.25, 0.3) is 22.3 Å². The van der Waals surface area contributed by atoms with Crippen molar-refractivity contribution in [2.24, 2.45) is 0 Å². The van der Waals surface area contributed by atoms with Crippen LogP contribution in [0.2, 0.25) is 0 Å². The maximum Gasteiger partial charge on any atom is 0.162 e. The van der Waals surface area contributed by atoms with E-state index in [2.05, 4.69) is 21.4 Å². The third-order valence-electron chi connectivity index (χ3n) is 2.08. The van der Waals surface area contributed by atoms with Gasteiger partial charge < -0.3 is 0 Å². The number of rotatable bonds is 0. The van der Waals surface area contributed by atoms with Gasteiger partial charge >= 0.3 is 0 Å². The summed E-state index contributed by atoms with van der Waals surface area (Å²) in [6, 6.07) is 8.12. The van der Waals surface area contributed by atoms with Gasteiger partial charge in [0.25, 0.3) is 0 Å². The topological polar surface area (TPSA) is 25.8 Å². The maximum atomic E-state index is 4.41. The summed E-state index contributed by atoms with van der Waals surface area (Å²) >= 11 is 1.60. The van der Waals surface area contributed by atoms with Crippen molar-refractivity contribution in [2.75, 3.05) is 0 Å². The van der Waals surface area contributed by atoms with Gasteiger partial charge in [-0.25, -0.2) is 9.97 Å². The summed E-state index contributed by atoms with van der Waals surface area (Å²) in [5.74, 6) is 0.847. The highest BCUT2D eigenvalue weighted by Crippen LogP contribution is 2.29. The first-order chi connectivity index (χ1) is 6.45. The Balaban J connectivity index is 2.56. The van der Waals surface area contributed by atoms with Gasteiger partial charge in [0.1, 0.15) is 0 Å². The summed E-state index contributed by atoms with van der Waals surface area (Å²) in [6.07, 6.45) is 0. The molecule has 0 saturated heterocycles. The molecule has 2 nitrogen and oxygen atoms in total. The maximum absolute atomic E-state index is 4.41. The standard InChI is InChI=1S/C10H6N2S/c1-2-4-9-7(3-1)8-5-13-6-11-10(8)12-9/h1-6H. The molecule has 0 atom stereocenters. The summed E-state index contributed by atoms with van der Waals surface area (Å²) < 4.78 is 0. The number of nitrogens with zero attached hydrogens (tertiary/aromatic N) is 2. The first-order valence-electron chi connectivity index (χ1n) is 4.02. The van der Waals surface area contributed by atoms with Crippen LogP contribution in [-0.2, 0) is 0 Å². The number of hydrogen-bond donors (Lipinski definition) is 0. The Hall–Kier alpha value is -1.48. The molecule has 3 rings (SSSR count). The summed E-state index contributed by atoms with van der Waals surface area (Å²) in [6.45, 7) is 0. The van der Waals surface area contributed by atoms with Gasteiger partial charge in [-0.05, 0) is 6.07 Å². The quantitative estimate of drug-likeness (QED) is 0.539.